The lowest BCUT2D eigenvalue weighted by Gasteiger charge is -2.17. The number of carbonyl (C=O) groups is 1. The maximum Gasteiger partial charge on any atom is 0.274 e. The van der Waals surface area contributed by atoms with Crippen molar-refractivity contribution < 1.29 is 9.90 Å². The van der Waals surface area contributed by atoms with Gasteiger partial charge in [0.15, 0.2) is 5.69 Å². The van der Waals surface area contributed by atoms with Gasteiger partial charge in [-0.1, -0.05) is 0 Å². The Morgan fingerprint density at radius 3 is 2.67 bits per heavy atom. The minimum absolute atomic E-state index is 0.151. The highest BCUT2D eigenvalue weighted by atomic mass is 16.3. The van der Waals surface area contributed by atoms with Gasteiger partial charge in [-0.3, -0.25) is 4.79 Å². The Balaban J connectivity index is 1.79. The van der Waals surface area contributed by atoms with Crippen LogP contribution in [-0.4, -0.2) is 44.4 Å². The van der Waals surface area contributed by atoms with E-state index < -0.39 is 5.60 Å². The van der Waals surface area contributed by atoms with Gasteiger partial charge in [0, 0.05) is 25.0 Å². The average molecular weight is 286 g/mol. The minimum Gasteiger partial charge on any atom is -0.399 e. The first-order valence-electron chi connectivity index (χ1n) is 6.88. The first-order chi connectivity index (χ1) is 9.94. The fourth-order valence-corrected chi connectivity index (χ4v) is 2.49. The van der Waals surface area contributed by atoms with Crippen LogP contribution in [0.4, 0.5) is 5.69 Å². The number of likely N-dealkylation sites (tertiary alicyclic amines) is 1. The number of benzene rings is 1. The summed E-state index contributed by atoms with van der Waals surface area (Å²) in [5.41, 5.74) is 6.76. The molecule has 21 heavy (non-hydrogen) atoms. The Morgan fingerprint density at radius 2 is 2.05 bits per heavy atom. The zero-order chi connectivity index (χ0) is 15.0. The van der Waals surface area contributed by atoms with Gasteiger partial charge in [-0.15, -0.1) is 0 Å². The Hall–Kier alpha value is -2.34. The topological polar surface area (TPSA) is 84.4 Å². The molecular formula is C15H18N4O2. The molecule has 6 nitrogen and oxygen atoms in total. The summed E-state index contributed by atoms with van der Waals surface area (Å²) >= 11 is 0. The van der Waals surface area contributed by atoms with Crippen LogP contribution in [0.3, 0.4) is 0 Å². The maximum atomic E-state index is 12.4. The van der Waals surface area contributed by atoms with Crippen LogP contribution in [0.25, 0.3) is 5.69 Å². The molecule has 0 bridgehead atoms. The molecule has 2 heterocycles. The van der Waals surface area contributed by atoms with Crippen molar-refractivity contribution in [1.29, 1.82) is 0 Å². The number of hydrogen-bond donors (Lipinski definition) is 2. The second-order valence-corrected chi connectivity index (χ2v) is 5.71. The number of nitrogens with two attached hydrogens (primary N) is 1. The van der Waals surface area contributed by atoms with Crippen molar-refractivity contribution in [3.63, 3.8) is 0 Å². The number of aromatic nitrogens is 2. The van der Waals surface area contributed by atoms with Crippen LogP contribution in [0.1, 0.15) is 23.8 Å². The highest BCUT2D eigenvalue weighted by Crippen LogP contribution is 2.22. The molecule has 0 saturated carbocycles. The second kappa shape index (κ2) is 4.89. The molecule has 3 rings (SSSR count). The first-order valence-corrected chi connectivity index (χ1v) is 6.88. The van der Waals surface area contributed by atoms with Gasteiger partial charge in [0.2, 0.25) is 0 Å². The molecule has 1 aliphatic heterocycles. The summed E-state index contributed by atoms with van der Waals surface area (Å²) in [5.74, 6) is -0.151. The number of carbonyl (C=O) groups excluding carboxylic acids is 1. The largest absolute Gasteiger partial charge is 0.399 e. The van der Waals surface area contributed by atoms with Crippen molar-refractivity contribution in [2.75, 3.05) is 18.8 Å². The number of hydrogen-bond acceptors (Lipinski definition) is 4. The zero-order valence-electron chi connectivity index (χ0n) is 11.9. The van der Waals surface area contributed by atoms with E-state index in [-0.39, 0.29) is 5.91 Å². The van der Waals surface area contributed by atoms with E-state index in [0.29, 0.717) is 30.9 Å². The monoisotopic (exact) mass is 286 g/mol. The summed E-state index contributed by atoms with van der Waals surface area (Å²) in [6.45, 7) is 2.65. The Kier molecular flexibility index (Phi) is 3.17. The molecule has 1 saturated heterocycles. The number of amides is 1. The molecule has 3 N–H and O–H groups in total. The van der Waals surface area contributed by atoms with E-state index >= 15 is 0 Å². The smallest absolute Gasteiger partial charge is 0.274 e. The summed E-state index contributed by atoms with van der Waals surface area (Å²) in [6.07, 6.45) is 2.34. The normalized spacial score (nSPS) is 21.7. The predicted molar refractivity (Wildman–Crippen MR) is 79.1 cm³/mol. The number of anilines is 1. The van der Waals surface area contributed by atoms with Crippen LogP contribution in [0.15, 0.2) is 36.5 Å². The first kappa shape index (κ1) is 13.6. The van der Waals surface area contributed by atoms with Crippen molar-refractivity contribution in [2.45, 2.75) is 18.9 Å². The van der Waals surface area contributed by atoms with Crippen molar-refractivity contribution in [2.24, 2.45) is 0 Å². The lowest BCUT2D eigenvalue weighted by Crippen LogP contribution is -2.34. The molecule has 1 unspecified atom stereocenters. The summed E-state index contributed by atoms with van der Waals surface area (Å²) in [5, 5.41) is 14.2. The van der Waals surface area contributed by atoms with Crippen LogP contribution in [0, 0.1) is 0 Å². The molecular weight excluding hydrogens is 268 g/mol. The maximum absolute atomic E-state index is 12.4. The molecule has 1 aromatic carbocycles. The second-order valence-electron chi connectivity index (χ2n) is 5.71. The van der Waals surface area contributed by atoms with E-state index in [0.717, 1.165) is 5.69 Å². The molecule has 110 valence electrons. The van der Waals surface area contributed by atoms with Gasteiger partial charge in [0.1, 0.15) is 0 Å². The summed E-state index contributed by atoms with van der Waals surface area (Å²) < 4.78 is 1.64. The standard InChI is InChI=1S/C15H18N4O2/c1-15(21)7-9-18(10-15)14(20)13-6-8-19(17-13)12-4-2-11(16)3-5-12/h2-6,8,21H,7,9-10,16H2,1H3. The highest BCUT2D eigenvalue weighted by molar-refractivity contribution is 5.92. The summed E-state index contributed by atoms with van der Waals surface area (Å²) in [4.78, 5) is 14.0. The Labute approximate surface area is 122 Å². The third kappa shape index (κ3) is 2.75. The Morgan fingerprint density at radius 1 is 1.33 bits per heavy atom. The molecule has 0 radical (unpaired) electrons. The summed E-state index contributed by atoms with van der Waals surface area (Å²) in [7, 11) is 0. The van der Waals surface area contributed by atoms with Crippen LogP contribution in [-0.2, 0) is 0 Å². The SMILES string of the molecule is CC1(O)CCN(C(=O)c2ccn(-c3ccc(N)cc3)n2)C1. The lowest BCUT2D eigenvalue weighted by molar-refractivity contribution is 0.0569. The van der Waals surface area contributed by atoms with Gasteiger partial charge < -0.3 is 15.7 Å². The van der Waals surface area contributed by atoms with E-state index in [1.807, 2.05) is 12.1 Å². The quantitative estimate of drug-likeness (QED) is 0.808. The fourth-order valence-electron chi connectivity index (χ4n) is 2.49. The molecule has 1 atom stereocenters. The number of aliphatic hydroxyl groups is 1. The molecule has 1 aliphatic rings. The van der Waals surface area contributed by atoms with E-state index in [9.17, 15) is 9.90 Å². The van der Waals surface area contributed by atoms with Crippen molar-refractivity contribution in [3.05, 3.63) is 42.2 Å². The minimum atomic E-state index is -0.796. The fraction of sp³-hybridized carbons (Fsp3) is 0.333. The van der Waals surface area contributed by atoms with Gasteiger partial charge in [-0.25, -0.2) is 4.68 Å². The molecule has 1 amide bonds. The van der Waals surface area contributed by atoms with Crippen molar-refractivity contribution >= 4 is 11.6 Å². The van der Waals surface area contributed by atoms with E-state index in [1.54, 1.807) is 40.9 Å². The average Bonchev–Trinajstić information content (AvgIpc) is 3.05. The summed E-state index contributed by atoms with van der Waals surface area (Å²) in [6, 6.07) is 8.95. The zero-order valence-corrected chi connectivity index (χ0v) is 11.9. The van der Waals surface area contributed by atoms with Gasteiger partial charge in [0.05, 0.1) is 11.3 Å². The molecule has 0 aliphatic carbocycles. The number of nitrogen functional groups attached to an aromatic ring is 1. The molecule has 1 aromatic heterocycles. The Bertz CT molecular complexity index is 661. The van der Waals surface area contributed by atoms with Gasteiger partial charge >= 0.3 is 0 Å². The van der Waals surface area contributed by atoms with Crippen LogP contribution in [0.2, 0.25) is 0 Å². The van der Waals surface area contributed by atoms with Crippen LogP contribution >= 0.6 is 0 Å². The van der Waals surface area contributed by atoms with Crippen molar-refractivity contribution in [3.8, 4) is 5.69 Å². The molecule has 0 spiro atoms. The van der Waals surface area contributed by atoms with Crippen LogP contribution in [0.5, 0.6) is 0 Å². The molecule has 6 heteroatoms. The van der Waals surface area contributed by atoms with Gasteiger partial charge in [0.25, 0.3) is 5.91 Å². The third-order valence-corrected chi connectivity index (χ3v) is 3.70. The predicted octanol–water partition coefficient (Wildman–Crippen LogP) is 1.05. The lowest BCUT2D eigenvalue weighted by atomic mass is 10.1. The van der Waals surface area contributed by atoms with Gasteiger partial charge in [-0.2, -0.15) is 5.10 Å². The van der Waals surface area contributed by atoms with Crippen LogP contribution < -0.4 is 5.73 Å². The molecule has 2 aromatic rings. The number of β-amino-alcohol motifs (C(OH)–C–C–N with tert-alkyl or cyclic N) is 1. The van der Waals surface area contributed by atoms with E-state index in [2.05, 4.69) is 5.10 Å². The van der Waals surface area contributed by atoms with Crippen molar-refractivity contribution in [1.82, 2.24) is 14.7 Å². The third-order valence-electron chi connectivity index (χ3n) is 3.70. The number of rotatable bonds is 2. The van der Waals surface area contributed by atoms with E-state index in [4.69, 9.17) is 5.73 Å². The highest BCUT2D eigenvalue weighted by Gasteiger charge is 2.34. The van der Waals surface area contributed by atoms with Gasteiger partial charge in [-0.05, 0) is 43.7 Å². The molecule has 1 fully saturated rings. The van der Waals surface area contributed by atoms with E-state index in [1.165, 1.54) is 0 Å². The number of nitrogens with zero attached hydrogens (tertiary/aromatic N) is 3.